The van der Waals surface area contributed by atoms with Gasteiger partial charge in [0.05, 0.1) is 6.04 Å². The lowest BCUT2D eigenvalue weighted by Gasteiger charge is -2.44. The van der Waals surface area contributed by atoms with Crippen LogP contribution in [-0.2, 0) is 0 Å². The van der Waals surface area contributed by atoms with E-state index in [9.17, 15) is 0 Å². The summed E-state index contributed by atoms with van der Waals surface area (Å²) in [6, 6.07) is 0.413. The quantitative estimate of drug-likeness (QED) is 0.0430. The molecule has 0 spiro atoms. The van der Waals surface area contributed by atoms with Crippen molar-refractivity contribution in [3.63, 3.8) is 0 Å². The van der Waals surface area contributed by atoms with Crippen molar-refractivity contribution in [2.24, 2.45) is 0 Å². The fourth-order valence-electron chi connectivity index (χ4n) is 6.16. The zero-order valence-corrected chi connectivity index (χ0v) is 30.0. The molecule has 0 radical (unpaired) electrons. The summed E-state index contributed by atoms with van der Waals surface area (Å²) in [5.41, 5.74) is 0. The molecular weight excluding hydrogens is 512 g/mol. The van der Waals surface area contributed by atoms with Gasteiger partial charge in [0.15, 0.2) is 0 Å². The van der Waals surface area contributed by atoms with Gasteiger partial charge in [0.1, 0.15) is 5.79 Å². The Kier molecular flexibility index (Phi) is 33.6. The van der Waals surface area contributed by atoms with Gasteiger partial charge in [-0.15, -0.1) is 0 Å². The maximum absolute atomic E-state index is 4.12. The minimum absolute atomic E-state index is 0.213. The van der Waals surface area contributed by atoms with Crippen LogP contribution in [0.15, 0.2) is 0 Å². The first-order chi connectivity index (χ1) is 20.7. The van der Waals surface area contributed by atoms with Crippen LogP contribution < -0.4 is 21.3 Å². The predicted molar refractivity (Wildman–Crippen MR) is 192 cm³/mol. The average molecular weight is 595 g/mol. The molecule has 0 saturated heterocycles. The molecule has 0 aliphatic carbocycles. The van der Waals surface area contributed by atoms with E-state index in [-0.39, 0.29) is 5.79 Å². The Morgan fingerprint density at radius 1 is 0.333 bits per heavy atom. The van der Waals surface area contributed by atoms with Gasteiger partial charge in [0, 0.05) is 0 Å². The number of hydrogen-bond donors (Lipinski definition) is 4. The van der Waals surface area contributed by atoms with Crippen molar-refractivity contribution in [3.05, 3.63) is 0 Å². The van der Waals surface area contributed by atoms with Crippen molar-refractivity contribution in [3.8, 4) is 0 Å². The van der Waals surface area contributed by atoms with Crippen molar-refractivity contribution in [1.82, 2.24) is 21.3 Å². The molecule has 0 aromatic heterocycles. The largest absolute Gasteiger partial charge is 0.310 e. The maximum Gasteiger partial charge on any atom is 0.139 e. The van der Waals surface area contributed by atoms with Crippen LogP contribution >= 0.6 is 0 Å². The number of hydrogen-bond acceptors (Lipinski definition) is 4. The van der Waals surface area contributed by atoms with Crippen molar-refractivity contribution in [2.75, 3.05) is 26.2 Å². The van der Waals surface area contributed by atoms with Gasteiger partial charge in [-0.2, -0.15) is 0 Å². The first-order valence-corrected chi connectivity index (χ1v) is 19.7. The molecule has 4 nitrogen and oxygen atoms in total. The van der Waals surface area contributed by atoms with Crippen LogP contribution in [0.25, 0.3) is 0 Å². The molecule has 0 aliphatic heterocycles. The van der Waals surface area contributed by atoms with E-state index in [1.807, 2.05) is 0 Å². The van der Waals surface area contributed by atoms with Gasteiger partial charge >= 0.3 is 0 Å². The highest BCUT2D eigenvalue weighted by atomic mass is 15.4. The standard InChI is InChI=1S/C38H82N4/c1-6-11-16-19-22-24-27-30-33-39-37(32-29-26-21-18-13-8-3)38(40-34-14-9-4,41-35-15-10-5)42-36-31-28-25-23-20-17-12-7-2/h37,39-42H,6-36H2,1-5H3. The Morgan fingerprint density at radius 2 is 0.643 bits per heavy atom. The fourth-order valence-corrected chi connectivity index (χ4v) is 6.16. The smallest absolute Gasteiger partial charge is 0.139 e. The zero-order chi connectivity index (χ0) is 30.8. The van der Waals surface area contributed by atoms with Gasteiger partial charge in [-0.25, -0.2) is 0 Å². The summed E-state index contributed by atoms with van der Waals surface area (Å²) >= 11 is 0. The van der Waals surface area contributed by atoms with Gasteiger partial charge in [-0.3, -0.25) is 16.0 Å². The Bertz CT molecular complexity index is 487. The number of rotatable bonds is 36. The first-order valence-electron chi connectivity index (χ1n) is 19.7. The second-order valence-corrected chi connectivity index (χ2v) is 13.3. The summed E-state index contributed by atoms with van der Waals surface area (Å²) in [6.45, 7) is 16.0. The Labute approximate surface area is 266 Å². The SMILES string of the molecule is CCCCCCCCCCNC(CCCCCCCC)C(NCCCC)(NCCCC)NCCCCCCCCCC. The van der Waals surface area contributed by atoms with Gasteiger partial charge in [0.2, 0.25) is 0 Å². The van der Waals surface area contributed by atoms with E-state index in [1.54, 1.807) is 0 Å². The third-order valence-corrected chi connectivity index (χ3v) is 9.09. The molecule has 0 aromatic carbocycles. The van der Waals surface area contributed by atoms with E-state index < -0.39 is 0 Å². The van der Waals surface area contributed by atoms with E-state index in [1.165, 1.54) is 173 Å². The summed E-state index contributed by atoms with van der Waals surface area (Å²) in [5, 5.41) is 16.4. The number of nitrogens with one attached hydrogen (secondary N) is 4. The molecule has 0 fully saturated rings. The molecule has 42 heavy (non-hydrogen) atoms. The molecular formula is C38H82N4. The summed E-state index contributed by atoms with van der Waals surface area (Å²) in [5.74, 6) is -0.213. The molecule has 1 unspecified atom stereocenters. The van der Waals surface area contributed by atoms with Crippen LogP contribution in [0.5, 0.6) is 0 Å². The highest BCUT2D eigenvalue weighted by Crippen LogP contribution is 2.17. The molecule has 0 rings (SSSR count). The van der Waals surface area contributed by atoms with Crippen LogP contribution in [0.3, 0.4) is 0 Å². The van der Waals surface area contributed by atoms with E-state index in [2.05, 4.69) is 55.9 Å². The molecule has 0 heterocycles. The molecule has 0 amide bonds. The Balaban J connectivity index is 5.25. The summed E-state index contributed by atoms with van der Waals surface area (Å²) < 4.78 is 0. The molecule has 0 saturated carbocycles. The van der Waals surface area contributed by atoms with E-state index in [0.717, 1.165) is 26.2 Å². The Morgan fingerprint density at radius 3 is 1.05 bits per heavy atom. The van der Waals surface area contributed by atoms with Crippen molar-refractivity contribution >= 4 is 0 Å². The van der Waals surface area contributed by atoms with Crippen LogP contribution in [0.1, 0.15) is 208 Å². The fraction of sp³-hybridized carbons (Fsp3) is 1.00. The molecule has 0 bridgehead atoms. The lowest BCUT2D eigenvalue weighted by molar-refractivity contribution is 0.124. The lowest BCUT2D eigenvalue weighted by atomic mass is 9.98. The molecule has 4 heteroatoms. The minimum atomic E-state index is -0.213. The summed E-state index contributed by atoms with van der Waals surface area (Å²) in [6.07, 6.45) is 36.5. The zero-order valence-electron chi connectivity index (χ0n) is 30.0. The molecule has 0 aromatic rings. The van der Waals surface area contributed by atoms with E-state index in [0.29, 0.717) is 6.04 Å². The maximum atomic E-state index is 4.12. The van der Waals surface area contributed by atoms with E-state index >= 15 is 0 Å². The van der Waals surface area contributed by atoms with Crippen molar-refractivity contribution < 1.29 is 0 Å². The number of unbranched alkanes of at least 4 members (excludes halogenated alkanes) is 21. The highest BCUT2D eigenvalue weighted by molar-refractivity contribution is 4.95. The van der Waals surface area contributed by atoms with Gasteiger partial charge in [-0.1, -0.05) is 176 Å². The Hall–Kier alpha value is -0.160. The molecule has 1 atom stereocenters. The van der Waals surface area contributed by atoms with Crippen molar-refractivity contribution in [2.45, 2.75) is 220 Å². The third kappa shape index (κ3) is 25.2. The third-order valence-electron chi connectivity index (χ3n) is 9.09. The molecule has 0 aliphatic rings. The highest BCUT2D eigenvalue weighted by Gasteiger charge is 2.36. The predicted octanol–water partition coefficient (Wildman–Crippen LogP) is 11.0. The van der Waals surface area contributed by atoms with Crippen LogP contribution in [-0.4, -0.2) is 38.0 Å². The van der Waals surface area contributed by atoms with Gasteiger partial charge < -0.3 is 5.32 Å². The first kappa shape index (κ1) is 41.8. The topological polar surface area (TPSA) is 48.1 Å². The van der Waals surface area contributed by atoms with Crippen LogP contribution in [0.4, 0.5) is 0 Å². The van der Waals surface area contributed by atoms with Gasteiger partial charge in [0.25, 0.3) is 0 Å². The van der Waals surface area contributed by atoms with E-state index in [4.69, 9.17) is 0 Å². The minimum Gasteiger partial charge on any atom is -0.310 e. The average Bonchev–Trinajstić information content (AvgIpc) is 3.00. The summed E-state index contributed by atoms with van der Waals surface area (Å²) in [7, 11) is 0. The second-order valence-electron chi connectivity index (χ2n) is 13.3. The summed E-state index contributed by atoms with van der Waals surface area (Å²) in [4.78, 5) is 0. The second kappa shape index (κ2) is 33.7. The van der Waals surface area contributed by atoms with Crippen molar-refractivity contribution in [1.29, 1.82) is 0 Å². The molecule has 4 N–H and O–H groups in total. The monoisotopic (exact) mass is 595 g/mol. The van der Waals surface area contributed by atoms with Crippen LogP contribution in [0, 0.1) is 0 Å². The molecule has 254 valence electrons. The van der Waals surface area contributed by atoms with Crippen LogP contribution in [0.2, 0.25) is 0 Å². The normalized spacial score (nSPS) is 12.8. The van der Waals surface area contributed by atoms with Gasteiger partial charge in [-0.05, 0) is 58.3 Å². The lowest BCUT2D eigenvalue weighted by Crippen LogP contribution is -2.76.